The maximum absolute atomic E-state index is 11.9. The lowest BCUT2D eigenvalue weighted by atomic mass is 10.1. The first kappa shape index (κ1) is 12.8. The predicted octanol–water partition coefficient (Wildman–Crippen LogP) is 3.74. The average Bonchev–Trinajstić information content (AvgIpc) is 2.82. The quantitative estimate of drug-likeness (QED) is 0.916. The summed E-state index contributed by atoms with van der Waals surface area (Å²) in [6.45, 7) is 0.255. The second-order valence-electron chi connectivity index (χ2n) is 4.53. The van der Waals surface area contributed by atoms with Crippen molar-refractivity contribution in [3.05, 3.63) is 59.1 Å². The minimum atomic E-state index is -0.402. The van der Waals surface area contributed by atoms with Gasteiger partial charge in [0.05, 0.1) is 6.04 Å². The van der Waals surface area contributed by atoms with Crippen LogP contribution in [0.3, 0.4) is 0 Å². The number of carbonyl (C=O) groups is 1. The molecule has 1 atom stereocenters. The first-order valence-electron chi connectivity index (χ1n) is 6.15. The highest BCUT2D eigenvalue weighted by Crippen LogP contribution is 2.34. The van der Waals surface area contributed by atoms with Gasteiger partial charge in [0, 0.05) is 10.7 Å². The lowest BCUT2D eigenvalue weighted by molar-refractivity contribution is 0.179. The molecule has 2 aromatic carbocycles. The smallest absolute Gasteiger partial charge is 0.415 e. The number of carbonyl (C=O) groups excluding carboxylic acids is 1. The molecule has 0 aromatic heterocycles. The number of aromatic hydroxyl groups is 1. The minimum absolute atomic E-state index is 0.165. The topological polar surface area (TPSA) is 49.8 Å². The van der Waals surface area contributed by atoms with Gasteiger partial charge >= 0.3 is 6.09 Å². The van der Waals surface area contributed by atoms with Crippen LogP contribution < -0.4 is 4.90 Å². The van der Waals surface area contributed by atoms with E-state index in [0.717, 1.165) is 5.56 Å². The summed E-state index contributed by atoms with van der Waals surface area (Å²) < 4.78 is 5.13. The van der Waals surface area contributed by atoms with Crippen LogP contribution in [0.5, 0.6) is 5.75 Å². The molecule has 1 aliphatic rings. The fourth-order valence-electron chi connectivity index (χ4n) is 2.29. The van der Waals surface area contributed by atoms with Crippen molar-refractivity contribution >= 4 is 23.4 Å². The lowest BCUT2D eigenvalue weighted by Crippen LogP contribution is -2.27. The van der Waals surface area contributed by atoms with Gasteiger partial charge in [0.1, 0.15) is 12.4 Å². The number of phenols is 1. The summed E-state index contributed by atoms with van der Waals surface area (Å²) in [7, 11) is 0. The van der Waals surface area contributed by atoms with Crippen LogP contribution in [-0.2, 0) is 4.74 Å². The Kier molecular flexibility index (Phi) is 3.24. The molecule has 1 aliphatic heterocycles. The normalized spacial score (nSPS) is 18.1. The second-order valence-corrected chi connectivity index (χ2v) is 4.97. The third-order valence-electron chi connectivity index (χ3n) is 3.23. The van der Waals surface area contributed by atoms with E-state index in [9.17, 15) is 9.90 Å². The Morgan fingerprint density at radius 2 is 1.95 bits per heavy atom. The zero-order chi connectivity index (χ0) is 14.1. The van der Waals surface area contributed by atoms with E-state index in [-0.39, 0.29) is 18.4 Å². The molecule has 1 fully saturated rings. The number of cyclic esters (lactones) is 1. The number of hydrogen-bond acceptors (Lipinski definition) is 3. The summed E-state index contributed by atoms with van der Waals surface area (Å²) >= 11 is 5.86. The van der Waals surface area contributed by atoms with Crippen LogP contribution in [0.4, 0.5) is 10.5 Å². The van der Waals surface area contributed by atoms with Gasteiger partial charge in [-0.05, 0) is 42.0 Å². The first-order valence-corrected chi connectivity index (χ1v) is 6.53. The Morgan fingerprint density at radius 1 is 1.20 bits per heavy atom. The van der Waals surface area contributed by atoms with Crippen molar-refractivity contribution in [3.63, 3.8) is 0 Å². The monoisotopic (exact) mass is 289 g/mol. The molecule has 1 unspecified atom stereocenters. The third kappa shape index (κ3) is 2.30. The van der Waals surface area contributed by atoms with Gasteiger partial charge in [-0.3, -0.25) is 4.90 Å². The number of amides is 1. The number of halogens is 1. The molecular formula is C15H12ClNO3. The van der Waals surface area contributed by atoms with Gasteiger partial charge in [-0.25, -0.2) is 4.79 Å². The minimum Gasteiger partial charge on any atom is -0.508 e. The molecule has 3 rings (SSSR count). The predicted molar refractivity (Wildman–Crippen MR) is 76.1 cm³/mol. The number of anilines is 1. The van der Waals surface area contributed by atoms with Crippen molar-refractivity contribution in [1.82, 2.24) is 0 Å². The van der Waals surface area contributed by atoms with E-state index in [1.165, 1.54) is 0 Å². The van der Waals surface area contributed by atoms with E-state index in [0.29, 0.717) is 10.7 Å². The number of nitrogens with zero attached hydrogens (tertiary/aromatic N) is 1. The molecule has 1 N–H and O–H groups in total. The van der Waals surface area contributed by atoms with Crippen molar-refractivity contribution in [3.8, 4) is 5.75 Å². The summed E-state index contributed by atoms with van der Waals surface area (Å²) in [4.78, 5) is 13.5. The third-order valence-corrected chi connectivity index (χ3v) is 3.48. The molecule has 0 aliphatic carbocycles. The molecule has 102 valence electrons. The standard InChI is InChI=1S/C15H12ClNO3/c16-11-4-6-12(7-5-11)17-14(9-20-15(17)19)10-2-1-3-13(18)8-10/h1-8,14,18H,9H2. The molecule has 2 aromatic rings. The fourth-order valence-corrected chi connectivity index (χ4v) is 2.41. The van der Waals surface area contributed by atoms with Crippen LogP contribution in [0.1, 0.15) is 11.6 Å². The van der Waals surface area contributed by atoms with Gasteiger partial charge in [0.25, 0.3) is 0 Å². The summed E-state index contributed by atoms with van der Waals surface area (Å²) in [5, 5.41) is 10.2. The van der Waals surface area contributed by atoms with Gasteiger partial charge in [-0.2, -0.15) is 0 Å². The molecule has 4 nitrogen and oxygen atoms in total. The summed E-state index contributed by atoms with van der Waals surface area (Å²) in [6.07, 6.45) is -0.402. The Morgan fingerprint density at radius 3 is 2.65 bits per heavy atom. The molecular weight excluding hydrogens is 278 g/mol. The Bertz CT molecular complexity index is 642. The van der Waals surface area contributed by atoms with Crippen LogP contribution in [0.25, 0.3) is 0 Å². The van der Waals surface area contributed by atoms with Crippen molar-refractivity contribution in [2.24, 2.45) is 0 Å². The lowest BCUT2D eigenvalue weighted by Gasteiger charge is -2.21. The number of hydrogen-bond donors (Lipinski definition) is 1. The van der Waals surface area contributed by atoms with Gasteiger partial charge in [-0.15, -0.1) is 0 Å². The highest BCUT2D eigenvalue weighted by atomic mass is 35.5. The van der Waals surface area contributed by atoms with E-state index in [1.807, 2.05) is 6.07 Å². The van der Waals surface area contributed by atoms with E-state index in [1.54, 1.807) is 47.4 Å². The number of phenolic OH excluding ortho intramolecular Hbond substituents is 1. The zero-order valence-electron chi connectivity index (χ0n) is 10.5. The second kappa shape index (κ2) is 5.06. The molecule has 0 spiro atoms. The van der Waals surface area contributed by atoms with E-state index in [4.69, 9.17) is 16.3 Å². The number of rotatable bonds is 2. The average molecular weight is 290 g/mol. The molecule has 20 heavy (non-hydrogen) atoms. The Balaban J connectivity index is 1.98. The van der Waals surface area contributed by atoms with Gasteiger partial charge in [0.2, 0.25) is 0 Å². The zero-order valence-corrected chi connectivity index (χ0v) is 11.2. The molecule has 1 saturated heterocycles. The van der Waals surface area contributed by atoms with Crippen LogP contribution in [0, 0.1) is 0 Å². The fraction of sp³-hybridized carbons (Fsp3) is 0.133. The molecule has 1 heterocycles. The Hall–Kier alpha value is -2.20. The first-order chi connectivity index (χ1) is 9.65. The van der Waals surface area contributed by atoms with Gasteiger partial charge in [0.15, 0.2) is 0 Å². The van der Waals surface area contributed by atoms with E-state index in [2.05, 4.69) is 0 Å². The van der Waals surface area contributed by atoms with Gasteiger partial charge < -0.3 is 9.84 Å². The largest absolute Gasteiger partial charge is 0.508 e. The summed E-state index contributed by atoms with van der Waals surface area (Å²) in [5.41, 5.74) is 1.54. The highest BCUT2D eigenvalue weighted by Gasteiger charge is 2.35. The van der Waals surface area contributed by atoms with Crippen molar-refractivity contribution in [2.45, 2.75) is 6.04 Å². The van der Waals surface area contributed by atoms with Crippen molar-refractivity contribution in [1.29, 1.82) is 0 Å². The maximum atomic E-state index is 11.9. The number of ether oxygens (including phenoxy) is 1. The molecule has 5 heteroatoms. The molecule has 0 radical (unpaired) electrons. The van der Waals surface area contributed by atoms with E-state index < -0.39 is 6.09 Å². The van der Waals surface area contributed by atoms with Crippen LogP contribution in [0.2, 0.25) is 5.02 Å². The SMILES string of the molecule is O=C1OCC(c2cccc(O)c2)N1c1ccc(Cl)cc1. The summed E-state index contributed by atoms with van der Waals surface area (Å²) in [6, 6.07) is 13.6. The van der Waals surface area contributed by atoms with Crippen molar-refractivity contribution in [2.75, 3.05) is 11.5 Å². The highest BCUT2D eigenvalue weighted by molar-refractivity contribution is 6.30. The maximum Gasteiger partial charge on any atom is 0.415 e. The van der Waals surface area contributed by atoms with Crippen LogP contribution >= 0.6 is 11.6 Å². The number of benzene rings is 2. The van der Waals surface area contributed by atoms with Gasteiger partial charge in [-0.1, -0.05) is 23.7 Å². The van der Waals surface area contributed by atoms with E-state index >= 15 is 0 Å². The molecule has 1 amide bonds. The Labute approximate surface area is 121 Å². The van der Waals surface area contributed by atoms with Crippen LogP contribution in [0.15, 0.2) is 48.5 Å². The summed E-state index contributed by atoms with van der Waals surface area (Å²) in [5.74, 6) is 0.165. The molecule has 0 saturated carbocycles. The van der Waals surface area contributed by atoms with Crippen LogP contribution in [-0.4, -0.2) is 17.8 Å². The molecule has 0 bridgehead atoms. The van der Waals surface area contributed by atoms with Crippen molar-refractivity contribution < 1.29 is 14.6 Å².